The Labute approximate surface area is 122 Å². The highest BCUT2D eigenvalue weighted by molar-refractivity contribution is 5.68. The molecule has 20 heavy (non-hydrogen) atoms. The highest BCUT2D eigenvalue weighted by Crippen LogP contribution is 2.24. The third-order valence-electron chi connectivity index (χ3n) is 4.09. The van der Waals surface area contributed by atoms with Gasteiger partial charge in [-0.2, -0.15) is 0 Å². The van der Waals surface area contributed by atoms with E-state index in [0.717, 1.165) is 38.5 Å². The summed E-state index contributed by atoms with van der Waals surface area (Å²) in [6.07, 6.45) is 6.20. The first-order chi connectivity index (χ1) is 9.32. The number of hydrogen-bond acceptors (Lipinski definition) is 4. The van der Waals surface area contributed by atoms with E-state index in [1.165, 1.54) is 0 Å². The molecule has 2 fully saturated rings. The number of rotatable bonds is 3. The van der Waals surface area contributed by atoms with E-state index >= 15 is 0 Å². The standard InChI is InChI=1S/C15H29N3O2/c1-15(2,3)20-14(19)18-12-6-4-11(5-7-12)17-13-8-10(16)9-13/h10-13,17H,4-9,16H2,1-3H3,(H,18,19). The van der Waals surface area contributed by atoms with Gasteiger partial charge in [0.05, 0.1) is 0 Å². The number of nitrogens with two attached hydrogens (primary N) is 1. The molecule has 0 atom stereocenters. The average Bonchev–Trinajstić information content (AvgIpc) is 2.27. The van der Waals surface area contributed by atoms with Crippen molar-refractivity contribution in [2.45, 2.75) is 89.1 Å². The van der Waals surface area contributed by atoms with Crippen LogP contribution in [0.5, 0.6) is 0 Å². The first-order valence-corrected chi connectivity index (χ1v) is 7.83. The Balaban J connectivity index is 1.63. The lowest BCUT2D eigenvalue weighted by Gasteiger charge is -2.38. The lowest BCUT2D eigenvalue weighted by molar-refractivity contribution is 0.0488. The molecule has 2 aliphatic rings. The molecule has 2 aliphatic carbocycles. The summed E-state index contributed by atoms with van der Waals surface area (Å²) in [5.41, 5.74) is 5.38. The van der Waals surface area contributed by atoms with E-state index in [0.29, 0.717) is 18.1 Å². The second-order valence-electron chi connectivity index (χ2n) is 7.29. The van der Waals surface area contributed by atoms with Crippen molar-refractivity contribution in [3.63, 3.8) is 0 Å². The Morgan fingerprint density at radius 1 is 1.05 bits per heavy atom. The normalized spacial score (nSPS) is 34.2. The van der Waals surface area contributed by atoms with E-state index in [-0.39, 0.29) is 12.1 Å². The number of hydrogen-bond donors (Lipinski definition) is 3. The molecule has 2 saturated carbocycles. The molecule has 116 valence electrons. The minimum absolute atomic E-state index is 0.256. The lowest BCUT2D eigenvalue weighted by atomic mass is 9.84. The Bertz CT molecular complexity index is 327. The van der Waals surface area contributed by atoms with E-state index in [4.69, 9.17) is 10.5 Å². The van der Waals surface area contributed by atoms with Crippen LogP contribution in [0.15, 0.2) is 0 Å². The predicted molar refractivity (Wildman–Crippen MR) is 79.5 cm³/mol. The Hall–Kier alpha value is -0.810. The molecule has 0 aliphatic heterocycles. The fourth-order valence-electron chi connectivity index (χ4n) is 3.01. The maximum absolute atomic E-state index is 11.7. The van der Waals surface area contributed by atoms with Crippen molar-refractivity contribution < 1.29 is 9.53 Å². The van der Waals surface area contributed by atoms with E-state index in [9.17, 15) is 4.79 Å². The molecule has 4 N–H and O–H groups in total. The molecule has 0 unspecified atom stereocenters. The van der Waals surface area contributed by atoms with Crippen LogP contribution in [0, 0.1) is 0 Å². The zero-order chi connectivity index (χ0) is 14.8. The summed E-state index contributed by atoms with van der Waals surface area (Å²) in [6.45, 7) is 5.66. The number of nitrogens with one attached hydrogen (secondary N) is 2. The number of carbonyl (C=O) groups is 1. The van der Waals surface area contributed by atoms with E-state index in [2.05, 4.69) is 10.6 Å². The van der Waals surface area contributed by atoms with Crippen LogP contribution in [0.3, 0.4) is 0 Å². The molecule has 0 saturated heterocycles. The van der Waals surface area contributed by atoms with E-state index < -0.39 is 5.60 Å². The second-order valence-corrected chi connectivity index (χ2v) is 7.29. The van der Waals surface area contributed by atoms with Crippen LogP contribution in [0.1, 0.15) is 59.3 Å². The van der Waals surface area contributed by atoms with E-state index in [1.807, 2.05) is 20.8 Å². The largest absolute Gasteiger partial charge is 0.444 e. The number of ether oxygens (including phenoxy) is 1. The van der Waals surface area contributed by atoms with Gasteiger partial charge in [0.1, 0.15) is 5.60 Å². The molecule has 0 radical (unpaired) electrons. The van der Waals surface area contributed by atoms with Gasteiger partial charge in [0.2, 0.25) is 0 Å². The lowest BCUT2D eigenvalue weighted by Crippen LogP contribution is -2.53. The second kappa shape index (κ2) is 6.31. The predicted octanol–water partition coefficient (Wildman–Crippen LogP) is 1.90. The molecule has 0 aromatic rings. The van der Waals surface area contributed by atoms with Gasteiger partial charge >= 0.3 is 6.09 Å². The van der Waals surface area contributed by atoms with Crippen molar-refractivity contribution in [1.29, 1.82) is 0 Å². The first kappa shape index (κ1) is 15.6. The number of carbonyl (C=O) groups excluding carboxylic acids is 1. The Morgan fingerprint density at radius 2 is 1.60 bits per heavy atom. The van der Waals surface area contributed by atoms with Gasteiger partial charge in [-0.15, -0.1) is 0 Å². The highest BCUT2D eigenvalue weighted by atomic mass is 16.6. The fraction of sp³-hybridized carbons (Fsp3) is 0.933. The minimum Gasteiger partial charge on any atom is -0.444 e. The van der Waals surface area contributed by atoms with Crippen molar-refractivity contribution in [1.82, 2.24) is 10.6 Å². The molecule has 5 heteroatoms. The van der Waals surface area contributed by atoms with Crippen LogP contribution in [-0.4, -0.2) is 35.9 Å². The van der Waals surface area contributed by atoms with Crippen molar-refractivity contribution in [2.75, 3.05) is 0 Å². The van der Waals surface area contributed by atoms with Crippen molar-refractivity contribution in [2.24, 2.45) is 5.73 Å². The molecule has 0 heterocycles. The first-order valence-electron chi connectivity index (χ1n) is 7.83. The van der Waals surface area contributed by atoms with Crippen LogP contribution >= 0.6 is 0 Å². The molecule has 0 aromatic carbocycles. The molecule has 0 spiro atoms. The molecular weight excluding hydrogens is 254 g/mol. The summed E-state index contributed by atoms with van der Waals surface area (Å²) >= 11 is 0. The van der Waals surface area contributed by atoms with Crippen molar-refractivity contribution in [3.05, 3.63) is 0 Å². The van der Waals surface area contributed by atoms with Crippen LogP contribution < -0.4 is 16.4 Å². The summed E-state index contributed by atoms with van der Waals surface area (Å²) in [6, 6.07) is 1.86. The maximum Gasteiger partial charge on any atom is 0.407 e. The smallest absolute Gasteiger partial charge is 0.407 e. The van der Waals surface area contributed by atoms with Gasteiger partial charge < -0.3 is 21.1 Å². The molecule has 5 nitrogen and oxygen atoms in total. The molecule has 1 amide bonds. The SMILES string of the molecule is CC(C)(C)OC(=O)NC1CCC(NC2CC(N)C2)CC1. The van der Waals surface area contributed by atoms with Crippen molar-refractivity contribution in [3.8, 4) is 0 Å². The van der Waals surface area contributed by atoms with Gasteiger partial charge in [0.15, 0.2) is 0 Å². The van der Waals surface area contributed by atoms with Crippen LogP contribution in [-0.2, 0) is 4.74 Å². The minimum atomic E-state index is -0.425. The molecule has 0 bridgehead atoms. The highest BCUT2D eigenvalue weighted by Gasteiger charge is 2.30. The third-order valence-corrected chi connectivity index (χ3v) is 4.09. The molecular formula is C15H29N3O2. The summed E-state index contributed by atoms with van der Waals surface area (Å²) in [5.74, 6) is 0. The number of alkyl carbamates (subject to hydrolysis) is 1. The molecule has 2 rings (SSSR count). The monoisotopic (exact) mass is 283 g/mol. The van der Waals surface area contributed by atoms with Gasteiger partial charge in [-0.05, 0) is 59.3 Å². The van der Waals surface area contributed by atoms with Gasteiger partial charge in [0, 0.05) is 24.2 Å². The third kappa shape index (κ3) is 4.94. The Kier molecular flexibility index (Phi) is 4.91. The quantitative estimate of drug-likeness (QED) is 0.739. The van der Waals surface area contributed by atoms with Crippen LogP contribution in [0.25, 0.3) is 0 Å². The van der Waals surface area contributed by atoms with Gasteiger partial charge in [0.25, 0.3) is 0 Å². The summed E-state index contributed by atoms with van der Waals surface area (Å²) in [7, 11) is 0. The maximum atomic E-state index is 11.7. The summed E-state index contributed by atoms with van der Waals surface area (Å²) in [5, 5.41) is 6.65. The average molecular weight is 283 g/mol. The Morgan fingerprint density at radius 3 is 2.10 bits per heavy atom. The molecule has 0 aromatic heterocycles. The van der Waals surface area contributed by atoms with Crippen molar-refractivity contribution >= 4 is 6.09 Å². The summed E-state index contributed by atoms with van der Waals surface area (Å²) in [4.78, 5) is 11.7. The van der Waals surface area contributed by atoms with Gasteiger partial charge in [-0.1, -0.05) is 0 Å². The van der Waals surface area contributed by atoms with Crippen LogP contribution in [0.4, 0.5) is 4.79 Å². The number of amides is 1. The van der Waals surface area contributed by atoms with E-state index in [1.54, 1.807) is 0 Å². The topological polar surface area (TPSA) is 76.4 Å². The summed E-state index contributed by atoms with van der Waals surface area (Å²) < 4.78 is 5.29. The zero-order valence-electron chi connectivity index (χ0n) is 12.9. The van der Waals surface area contributed by atoms with Crippen LogP contribution in [0.2, 0.25) is 0 Å². The fourth-order valence-corrected chi connectivity index (χ4v) is 3.01. The van der Waals surface area contributed by atoms with Gasteiger partial charge in [-0.25, -0.2) is 4.79 Å². The zero-order valence-corrected chi connectivity index (χ0v) is 12.9. The van der Waals surface area contributed by atoms with Gasteiger partial charge in [-0.3, -0.25) is 0 Å².